The van der Waals surface area contributed by atoms with E-state index in [0.717, 1.165) is 6.42 Å². The minimum atomic E-state index is -0.139. The molecule has 1 aliphatic heterocycles. The topological polar surface area (TPSA) is 50.8 Å². The lowest BCUT2D eigenvalue weighted by Crippen LogP contribution is -2.51. The highest BCUT2D eigenvalue weighted by molar-refractivity contribution is 5.81. The van der Waals surface area contributed by atoms with Crippen LogP contribution >= 0.6 is 0 Å². The van der Waals surface area contributed by atoms with Crippen LogP contribution < -0.4 is 5.32 Å². The van der Waals surface area contributed by atoms with Gasteiger partial charge in [0.2, 0.25) is 5.91 Å². The quantitative estimate of drug-likeness (QED) is 0.727. The van der Waals surface area contributed by atoms with Crippen molar-refractivity contribution in [2.24, 2.45) is 0 Å². The van der Waals surface area contributed by atoms with E-state index in [1.54, 1.807) is 7.11 Å². The standard InChI is InChI=1S/C12H24N2O3/c1-10(4-7-16-3)13-11(2)12(15)14-5-8-17-9-6-14/h10-11,13H,4-9H2,1-3H3. The Morgan fingerprint density at radius 2 is 2.06 bits per heavy atom. The second-order valence-electron chi connectivity index (χ2n) is 4.51. The number of methoxy groups -OCH3 is 1. The van der Waals surface area contributed by atoms with E-state index in [4.69, 9.17) is 9.47 Å². The lowest BCUT2D eigenvalue weighted by atomic mass is 10.2. The molecule has 1 saturated heterocycles. The molecule has 1 rings (SSSR count). The maximum absolute atomic E-state index is 12.1. The molecule has 1 heterocycles. The average molecular weight is 244 g/mol. The summed E-state index contributed by atoms with van der Waals surface area (Å²) in [5, 5.41) is 3.30. The summed E-state index contributed by atoms with van der Waals surface area (Å²) in [6.07, 6.45) is 0.914. The molecule has 0 radical (unpaired) electrons. The molecule has 0 saturated carbocycles. The van der Waals surface area contributed by atoms with Gasteiger partial charge in [0.05, 0.1) is 19.3 Å². The number of carbonyl (C=O) groups is 1. The predicted octanol–water partition coefficient (Wildman–Crippen LogP) is 0.248. The van der Waals surface area contributed by atoms with Crippen molar-refractivity contribution >= 4 is 5.91 Å². The molecule has 1 N–H and O–H groups in total. The van der Waals surface area contributed by atoms with Gasteiger partial charge in [0.15, 0.2) is 0 Å². The summed E-state index contributed by atoms with van der Waals surface area (Å²) < 4.78 is 10.3. The Morgan fingerprint density at radius 3 is 2.65 bits per heavy atom. The van der Waals surface area contributed by atoms with Gasteiger partial charge in [0.1, 0.15) is 0 Å². The Labute approximate surface area is 103 Å². The van der Waals surface area contributed by atoms with Crippen LogP contribution in [-0.4, -0.2) is 62.9 Å². The number of nitrogens with one attached hydrogen (secondary N) is 1. The van der Waals surface area contributed by atoms with Crippen LogP contribution in [0.2, 0.25) is 0 Å². The van der Waals surface area contributed by atoms with Crippen molar-refractivity contribution in [2.45, 2.75) is 32.4 Å². The smallest absolute Gasteiger partial charge is 0.239 e. The molecule has 0 aromatic heterocycles. The van der Waals surface area contributed by atoms with Crippen LogP contribution in [0.5, 0.6) is 0 Å². The number of rotatable bonds is 6. The van der Waals surface area contributed by atoms with Gasteiger partial charge in [-0.2, -0.15) is 0 Å². The third-order valence-electron chi connectivity index (χ3n) is 2.98. The maximum atomic E-state index is 12.1. The summed E-state index contributed by atoms with van der Waals surface area (Å²) in [6.45, 7) is 7.42. The van der Waals surface area contributed by atoms with E-state index in [2.05, 4.69) is 12.2 Å². The summed E-state index contributed by atoms with van der Waals surface area (Å²) in [7, 11) is 1.69. The van der Waals surface area contributed by atoms with Gasteiger partial charge < -0.3 is 19.7 Å². The fraction of sp³-hybridized carbons (Fsp3) is 0.917. The summed E-state index contributed by atoms with van der Waals surface area (Å²) in [6, 6.07) is 0.148. The first-order valence-corrected chi connectivity index (χ1v) is 6.26. The molecule has 5 nitrogen and oxygen atoms in total. The third kappa shape index (κ3) is 5.02. The minimum Gasteiger partial charge on any atom is -0.385 e. The fourth-order valence-electron chi connectivity index (χ4n) is 1.93. The van der Waals surface area contributed by atoms with Crippen LogP contribution in [0.1, 0.15) is 20.3 Å². The molecule has 0 aliphatic carbocycles. The fourth-order valence-corrected chi connectivity index (χ4v) is 1.93. The summed E-state index contributed by atoms with van der Waals surface area (Å²) in [5.74, 6) is 0.164. The number of amides is 1. The van der Waals surface area contributed by atoms with Gasteiger partial charge in [-0.15, -0.1) is 0 Å². The van der Waals surface area contributed by atoms with Gasteiger partial charge in [0, 0.05) is 32.8 Å². The zero-order chi connectivity index (χ0) is 12.7. The van der Waals surface area contributed by atoms with E-state index in [1.807, 2.05) is 11.8 Å². The molecule has 0 aromatic carbocycles. The van der Waals surface area contributed by atoms with Crippen molar-refractivity contribution in [3.63, 3.8) is 0 Å². The van der Waals surface area contributed by atoms with Crippen molar-refractivity contribution in [2.75, 3.05) is 40.0 Å². The van der Waals surface area contributed by atoms with Gasteiger partial charge in [-0.1, -0.05) is 0 Å². The zero-order valence-corrected chi connectivity index (χ0v) is 11.1. The molecule has 0 spiro atoms. The molecule has 1 fully saturated rings. The van der Waals surface area contributed by atoms with E-state index < -0.39 is 0 Å². The van der Waals surface area contributed by atoms with E-state index in [0.29, 0.717) is 32.9 Å². The van der Waals surface area contributed by atoms with Gasteiger partial charge in [0.25, 0.3) is 0 Å². The molecular weight excluding hydrogens is 220 g/mol. The van der Waals surface area contributed by atoms with Crippen molar-refractivity contribution in [1.82, 2.24) is 10.2 Å². The van der Waals surface area contributed by atoms with E-state index >= 15 is 0 Å². The molecule has 100 valence electrons. The van der Waals surface area contributed by atoms with E-state index in [9.17, 15) is 4.79 Å². The van der Waals surface area contributed by atoms with E-state index in [1.165, 1.54) is 0 Å². The maximum Gasteiger partial charge on any atom is 0.239 e. The highest BCUT2D eigenvalue weighted by atomic mass is 16.5. The highest BCUT2D eigenvalue weighted by Gasteiger charge is 2.23. The Balaban J connectivity index is 2.29. The lowest BCUT2D eigenvalue weighted by Gasteiger charge is -2.30. The summed E-state index contributed by atoms with van der Waals surface area (Å²) >= 11 is 0. The van der Waals surface area contributed by atoms with Crippen LogP contribution in [0.15, 0.2) is 0 Å². The lowest BCUT2D eigenvalue weighted by molar-refractivity contribution is -0.137. The molecule has 0 bridgehead atoms. The minimum absolute atomic E-state index is 0.139. The van der Waals surface area contributed by atoms with Gasteiger partial charge >= 0.3 is 0 Å². The molecule has 1 amide bonds. The van der Waals surface area contributed by atoms with Crippen LogP contribution in [0, 0.1) is 0 Å². The van der Waals surface area contributed by atoms with Crippen LogP contribution in [0.3, 0.4) is 0 Å². The van der Waals surface area contributed by atoms with E-state index in [-0.39, 0.29) is 18.0 Å². The number of hydrogen-bond acceptors (Lipinski definition) is 4. The number of hydrogen-bond donors (Lipinski definition) is 1. The SMILES string of the molecule is COCCC(C)NC(C)C(=O)N1CCOCC1. The van der Waals surface area contributed by atoms with Crippen molar-refractivity contribution in [3.05, 3.63) is 0 Å². The number of morpholine rings is 1. The Kier molecular flexibility index (Phi) is 6.47. The van der Waals surface area contributed by atoms with Crippen molar-refractivity contribution in [3.8, 4) is 0 Å². The monoisotopic (exact) mass is 244 g/mol. The molecule has 2 unspecified atom stereocenters. The van der Waals surface area contributed by atoms with Crippen molar-refractivity contribution < 1.29 is 14.3 Å². The van der Waals surface area contributed by atoms with Crippen LogP contribution in [0.25, 0.3) is 0 Å². The number of nitrogens with zero attached hydrogens (tertiary/aromatic N) is 1. The molecule has 17 heavy (non-hydrogen) atoms. The second-order valence-corrected chi connectivity index (χ2v) is 4.51. The van der Waals surface area contributed by atoms with Gasteiger partial charge in [-0.05, 0) is 20.3 Å². The zero-order valence-electron chi connectivity index (χ0n) is 11.1. The first-order valence-electron chi connectivity index (χ1n) is 6.26. The Bertz CT molecular complexity index is 230. The molecule has 2 atom stereocenters. The predicted molar refractivity (Wildman–Crippen MR) is 66.0 cm³/mol. The Morgan fingerprint density at radius 1 is 1.41 bits per heavy atom. The largest absolute Gasteiger partial charge is 0.385 e. The Hall–Kier alpha value is -0.650. The second kappa shape index (κ2) is 7.63. The highest BCUT2D eigenvalue weighted by Crippen LogP contribution is 2.02. The van der Waals surface area contributed by atoms with Crippen molar-refractivity contribution in [1.29, 1.82) is 0 Å². The summed E-state index contributed by atoms with van der Waals surface area (Å²) in [4.78, 5) is 13.9. The first kappa shape index (κ1) is 14.4. The van der Waals surface area contributed by atoms with Crippen LogP contribution in [-0.2, 0) is 14.3 Å². The molecule has 5 heteroatoms. The molecule has 1 aliphatic rings. The molecule has 0 aromatic rings. The van der Waals surface area contributed by atoms with Gasteiger partial charge in [-0.3, -0.25) is 4.79 Å². The normalized spacial score (nSPS) is 20.1. The average Bonchev–Trinajstić information content (AvgIpc) is 2.36. The number of ether oxygens (including phenoxy) is 2. The summed E-state index contributed by atoms with van der Waals surface area (Å²) in [5.41, 5.74) is 0. The third-order valence-corrected chi connectivity index (χ3v) is 2.98. The number of carbonyl (C=O) groups excluding carboxylic acids is 1. The van der Waals surface area contributed by atoms with Crippen LogP contribution in [0.4, 0.5) is 0 Å². The van der Waals surface area contributed by atoms with Gasteiger partial charge in [-0.25, -0.2) is 0 Å². The first-order chi connectivity index (χ1) is 8.15. The molecular formula is C12H24N2O3.